The fourth-order valence-electron chi connectivity index (χ4n) is 2.38. The fourth-order valence-corrected chi connectivity index (χ4v) is 2.38. The van der Waals surface area contributed by atoms with E-state index in [0.29, 0.717) is 11.6 Å². The number of benzene rings is 1. The van der Waals surface area contributed by atoms with Gasteiger partial charge in [-0.3, -0.25) is 4.79 Å². The summed E-state index contributed by atoms with van der Waals surface area (Å²) in [6.07, 6.45) is 2.60. The van der Waals surface area contributed by atoms with Crippen molar-refractivity contribution in [3.8, 4) is 0 Å². The van der Waals surface area contributed by atoms with Gasteiger partial charge in [0.2, 0.25) is 0 Å². The van der Waals surface area contributed by atoms with Gasteiger partial charge < -0.3 is 15.4 Å². The van der Waals surface area contributed by atoms with E-state index >= 15 is 0 Å². The number of pyridine rings is 1. The molecule has 1 aromatic heterocycles. The second-order valence-electron chi connectivity index (χ2n) is 5.90. The molecule has 0 spiro atoms. The quantitative estimate of drug-likeness (QED) is 0.722. The van der Waals surface area contributed by atoms with Crippen LogP contribution in [0.5, 0.6) is 0 Å². The third-order valence-electron chi connectivity index (χ3n) is 3.68. The monoisotopic (exact) mass is 327 g/mol. The maximum Gasteiger partial charge on any atom is 0.274 e. The molecule has 128 valence electrons. The van der Waals surface area contributed by atoms with Crippen molar-refractivity contribution in [2.24, 2.45) is 0 Å². The van der Waals surface area contributed by atoms with E-state index in [2.05, 4.69) is 29.5 Å². The van der Waals surface area contributed by atoms with Crippen LogP contribution >= 0.6 is 0 Å². The lowest BCUT2D eigenvalue weighted by Gasteiger charge is -2.13. The molecule has 0 aliphatic carbocycles. The molecular weight excluding hydrogens is 302 g/mol. The maximum absolute atomic E-state index is 12.4. The zero-order chi connectivity index (χ0) is 17.4. The predicted molar refractivity (Wildman–Crippen MR) is 97.7 cm³/mol. The van der Waals surface area contributed by atoms with Crippen molar-refractivity contribution < 1.29 is 9.53 Å². The largest absolute Gasteiger partial charge is 0.385 e. The number of amides is 1. The van der Waals surface area contributed by atoms with E-state index in [1.165, 1.54) is 0 Å². The lowest BCUT2D eigenvalue weighted by Crippen LogP contribution is -2.15. The fraction of sp³-hybridized carbons (Fsp3) is 0.368. The Bertz CT molecular complexity index is 654. The van der Waals surface area contributed by atoms with Crippen molar-refractivity contribution in [2.75, 3.05) is 30.9 Å². The molecule has 0 bridgehead atoms. The molecule has 0 aliphatic heterocycles. The van der Waals surface area contributed by atoms with Crippen LogP contribution in [-0.4, -0.2) is 31.2 Å². The normalized spacial score (nSPS) is 10.7. The molecule has 2 N–H and O–H groups in total. The minimum Gasteiger partial charge on any atom is -0.385 e. The third-order valence-corrected chi connectivity index (χ3v) is 3.68. The van der Waals surface area contributed by atoms with Gasteiger partial charge >= 0.3 is 0 Å². The van der Waals surface area contributed by atoms with Crippen LogP contribution in [0.15, 0.2) is 42.6 Å². The van der Waals surface area contributed by atoms with E-state index in [9.17, 15) is 4.79 Å². The van der Waals surface area contributed by atoms with Crippen molar-refractivity contribution in [3.63, 3.8) is 0 Å². The summed E-state index contributed by atoms with van der Waals surface area (Å²) in [6.45, 7) is 5.74. The van der Waals surface area contributed by atoms with Gasteiger partial charge in [-0.15, -0.1) is 0 Å². The van der Waals surface area contributed by atoms with E-state index < -0.39 is 0 Å². The van der Waals surface area contributed by atoms with Gasteiger partial charge in [-0.25, -0.2) is 4.98 Å². The molecule has 0 fully saturated rings. The number of para-hydroxylation sites is 1. The average Bonchev–Trinajstić information content (AvgIpc) is 2.59. The summed E-state index contributed by atoms with van der Waals surface area (Å²) in [7, 11) is 1.69. The smallest absolute Gasteiger partial charge is 0.274 e. The van der Waals surface area contributed by atoms with E-state index in [1.54, 1.807) is 19.4 Å². The van der Waals surface area contributed by atoms with Crippen LogP contribution < -0.4 is 10.6 Å². The molecule has 0 unspecified atom stereocenters. The summed E-state index contributed by atoms with van der Waals surface area (Å²) in [6, 6.07) is 11.4. The number of carbonyl (C=O) groups is 1. The molecule has 0 radical (unpaired) electrons. The second-order valence-corrected chi connectivity index (χ2v) is 5.90. The number of ether oxygens (including phenoxy) is 1. The highest BCUT2D eigenvalue weighted by molar-refractivity contribution is 6.03. The maximum atomic E-state index is 12.4. The summed E-state index contributed by atoms with van der Waals surface area (Å²) in [5.41, 5.74) is 3.24. The first-order chi connectivity index (χ1) is 11.6. The predicted octanol–water partition coefficient (Wildman–Crippen LogP) is 3.91. The summed E-state index contributed by atoms with van der Waals surface area (Å²) in [4.78, 5) is 16.6. The number of carbonyl (C=O) groups excluding carboxylic acids is 1. The summed E-state index contributed by atoms with van der Waals surface area (Å²) < 4.78 is 5.00. The third kappa shape index (κ3) is 5.06. The van der Waals surface area contributed by atoms with E-state index in [1.807, 2.05) is 30.3 Å². The van der Waals surface area contributed by atoms with Crippen molar-refractivity contribution in [3.05, 3.63) is 53.9 Å². The Morgan fingerprint density at radius 3 is 2.67 bits per heavy atom. The number of rotatable bonds is 8. The van der Waals surface area contributed by atoms with Crippen LogP contribution in [-0.2, 0) is 4.74 Å². The molecule has 1 amide bonds. The van der Waals surface area contributed by atoms with Crippen LogP contribution in [0.2, 0.25) is 0 Å². The molecule has 5 nitrogen and oxygen atoms in total. The van der Waals surface area contributed by atoms with Crippen molar-refractivity contribution in [1.82, 2.24) is 4.98 Å². The molecule has 2 rings (SSSR count). The highest BCUT2D eigenvalue weighted by Crippen LogP contribution is 2.24. The number of anilines is 2. The summed E-state index contributed by atoms with van der Waals surface area (Å²) in [5.74, 6) is 0.141. The molecule has 1 heterocycles. The number of hydrogen-bond acceptors (Lipinski definition) is 4. The molecule has 1 aromatic carbocycles. The Morgan fingerprint density at radius 2 is 2.00 bits per heavy atom. The van der Waals surface area contributed by atoms with Crippen LogP contribution in [0.1, 0.15) is 42.2 Å². The molecule has 0 atom stereocenters. The number of aromatic nitrogens is 1. The van der Waals surface area contributed by atoms with Gasteiger partial charge in [-0.2, -0.15) is 0 Å². The molecule has 0 saturated carbocycles. The molecule has 24 heavy (non-hydrogen) atoms. The Labute approximate surface area is 143 Å². The number of hydrogen-bond donors (Lipinski definition) is 2. The van der Waals surface area contributed by atoms with Gasteiger partial charge in [-0.1, -0.05) is 32.0 Å². The van der Waals surface area contributed by atoms with Gasteiger partial charge in [-0.05, 0) is 36.1 Å². The van der Waals surface area contributed by atoms with Crippen molar-refractivity contribution >= 4 is 17.3 Å². The SMILES string of the molecule is COCCCNc1ccc(C(=O)Nc2ccccc2C(C)C)nc1. The molecule has 0 aliphatic rings. The van der Waals surface area contributed by atoms with E-state index in [-0.39, 0.29) is 5.91 Å². The molecule has 5 heteroatoms. The molecule has 2 aromatic rings. The van der Waals surface area contributed by atoms with Gasteiger partial charge in [0.15, 0.2) is 0 Å². The Morgan fingerprint density at radius 1 is 1.21 bits per heavy atom. The average molecular weight is 327 g/mol. The zero-order valence-electron chi connectivity index (χ0n) is 14.5. The number of methoxy groups -OCH3 is 1. The first kappa shape index (κ1) is 17.9. The van der Waals surface area contributed by atoms with Gasteiger partial charge in [0, 0.05) is 25.9 Å². The number of nitrogens with one attached hydrogen (secondary N) is 2. The zero-order valence-corrected chi connectivity index (χ0v) is 14.5. The van der Waals surface area contributed by atoms with Crippen LogP contribution in [0, 0.1) is 0 Å². The van der Waals surface area contributed by atoms with Gasteiger partial charge in [0.1, 0.15) is 5.69 Å². The van der Waals surface area contributed by atoms with Gasteiger partial charge in [0.25, 0.3) is 5.91 Å². The second kappa shape index (κ2) is 9.03. The van der Waals surface area contributed by atoms with Crippen LogP contribution in [0.25, 0.3) is 0 Å². The van der Waals surface area contributed by atoms with Crippen LogP contribution in [0.3, 0.4) is 0 Å². The first-order valence-corrected chi connectivity index (χ1v) is 8.21. The topological polar surface area (TPSA) is 63.2 Å². The highest BCUT2D eigenvalue weighted by atomic mass is 16.5. The summed E-state index contributed by atoms with van der Waals surface area (Å²) in [5, 5.41) is 6.19. The standard InChI is InChI=1S/C19H25N3O2/c1-14(2)16-7-4-5-8-17(16)22-19(23)18-10-9-15(13-21-18)20-11-6-12-24-3/h4-5,7-10,13-14,20H,6,11-12H2,1-3H3,(H,22,23). The molecule has 0 saturated heterocycles. The Balaban J connectivity index is 1.98. The van der Waals surface area contributed by atoms with Gasteiger partial charge in [0.05, 0.1) is 11.9 Å². The van der Waals surface area contributed by atoms with Crippen molar-refractivity contribution in [1.29, 1.82) is 0 Å². The van der Waals surface area contributed by atoms with Crippen molar-refractivity contribution in [2.45, 2.75) is 26.2 Å². The minimum atomic E-state index is -0.200. The minimum absolute atomic E-state index is 0.200. The highest BCUT2D eigenvalue weighted by Gasteiger charge is 2.11. The van der Waals surface area contributed by atoms with E-state index in [4.69, 9.17) is 4.74 Å². The Hall–Kier alpha value is -2.40. The Kier molecular flexibility index (Phi) is 6.75. The van der Waals surface area contributed by atoms with Crippen LogP contribution in [0.4, 0.5) is 11.4 Å². The summed E-state index contributed by atoms with van der Waals surface area (Å²) >= 11 is 0. The van der Waals surface area contributed by atoms with E-state index in [0.717, 1.165) is 36.5 Å². The molecular formula is C19H25N3O2. The number of nitrogens with zero attached hydrogens (tertiary/aromatic N) is 1. The lowest BCUT2D eigenvalue weighted by molar-refractivity contribution is 0.102. The lowest BCUT2D eigenvalue weighted by atomic mass is 10.0. The first-order valence-electron chi connectivity index (χ1n) is 8.21.